The van der Waals surface area contributed by atoms with Crippen LogP contribution in [0.15, 0.2) is 0 Å². The van der Waals surface area contributed by atoms with Gasteiger partial charge in [-0.2, -0.15) is 0 Å². The van der Waals surface area contributed by atoms with Gasteiger partial charge in [0.25, 0.3) is 0 Å². The molecule has 0 amide bonds. The Morgan fingerprint density at radius 2 is 1.33 bits per heavy atom. The highest BCUT2D eigenvalue weighted by Crippen LogP contribution is 2.19. The van der Waals surface area contributed by atoms with Crippen LogP contribution in [0, 0.1) is 5.41 Å². The molecule has 0 atom stereocenters. The molecular formula is C11H27N. The maximum absolute atomic E-state index is 2.30. The molecule has 0 aliphatic rings. The molecule has 0 aliphatic heterocycles. The Hall–Kier alpha value is -0.0400. The Morgan fingerprint density at radius 3 is 1.42 bits per heavy atom. The average molecular weight is 173 g/mol. The first-order valence-electron chi connectivity index (χ1n) is 5.04. The van der Waals surface area contributed by atoms with Gasteiger partial charge in [0.2, 0.25) is 0 Å². The fraction of sp³-hybridized carbons (Fsp3) is 1.00. The summed E-state index contributed by atoms with van der Waals surface area (Å²) in [7, 11) is 4.24. The molecule has 0 fully saturated rings. The van der Waals surface area contributed by atoms with Crippen molar-refractivity contribution in [3.05, 3.63) is 0 Å². The Kier molecular flexibility index (Phi) is 9.17. The first-order valence-corrected chi connectivity index (χ1v) is 5.04. The fourth-order valence-corrected chi connectivity index (χ4v) is 0.968. The van der Waals surface area contributed by atoms with Gasteiger partial charge in [0, 0.05) is 6.54 Å². The van der Waals surface area contributed by atoms with Crippen LogP contribution in [0.1, 0.15) is 47.5 Å². The molecule has 0 saturated carbocycles. The summed E-state index contributed by atoms with van der Waals surface area (Å²) in [6, 6.07) is 0. The quantitative estimate of drug-likeness (QED) is 0.632. The standard InChI is InChI=1S/C8H19N.C3H8/c1-6-8(2,3)7-9(4)5;1-3-2/h6-7H2,1-5H3;3H2,1-2H3. The Bertz CT molecular complexity index is 85.0. The van der Waals surface area contributed by atoms with E-state index in [9.17, 15) is 0 Å². The normalized spacial score (nSPS) is 11.0. The summed E-state index contributed by atoms with van der Waals surface area (Å²) in [5.74, 6) is 0. The van der Waals surface area contributed by atoms with Crippen LogP contribution in [0.4, 0.5) is 0 Å². The predicted octanol–water partition coefficient (Wildman–Crippen LogP) is 3.40. The molecule has 12 heavy (non-hydrogen) atoms. The summed E-state index contributed by atoms with van der Waals surface area (Å²) in [4.78, 5) is 2.24. The van der Waals surface area contributed by atoms with Crippen molar-refractivity contribution in [2.45, 2.75) is 47.5 Å². The van der Waals surface area contributed by atoms with Gasteiger partial charge in [-0.05, 0) is 25.9 Å². The van der Waals surface area contributed by atoms with Crippen molar-refractivity contribution < 1.29 is 0 Å². The number of nitrogens with zero attached hydrogens (tertiary/aromatic N) is 1. The minimum absolute atomic E-state index is 0.490. The lowest BCUT2D eigenvalue weighted by Crippen LogP contribution is -2.27. The van der Waals surface area contributed by atoms with Gasteiger partial charge in [-0.3, -0.25) is 0 Å². The van der Waals surface area contributed by atoms with Gasteiger partial charge in [0.15, 0.2) is 0 Å². The van der Waals surface area contributed by atoms with Crippen molar-refractivity contribution in [2.75, 3.05) is 20.6 Å². The molecule has 0 aliphatic carbocycles. The summed E-state index contributed by atoms with van der Waals surface area (Å²) >= 11 is 0. The molecule has 76 valence electrons. The lowest BCUT2D eigenvalue weighted by Gasteiger charge is -2.26. The van der Waals surface area contributed by atoms with Crippen molar-refractivity contribution in [1.82, 2.24) is 4.90 Å². The van der Waals surface area contributed by atoms with Gasteiger partial charge in [0.05, 0.1) is 0 Å². The average Bonchev–Trinajstić information content (AvgIpc) is 1.87. The Morgan fingerprint density at radius 1 is 1.00 bits per heavy atom. The minimum atomic E-state index is 0.490. The third-order valence-electron chi connectivity index (χ3n) is 1.70. The molecule has 0 aromatic rings. The van der Waals surface area contributed by atoms with Crippen molar-refractivity contribution in [1.29, 1.82) is 0 Å². The predicted molar refractivity (Wildman–Crippen MR) is 58.6 cm³/mol. The maximum atomic E-state index is 2.30. The summed E-state index contributed by atoms with van der Waals surface area (Å²) in [5, 5.41) is 0. The van der Waals surface area contributed by atoms with Crippen molar-refractivity contribution in [2.24, 2.45) is 5.41 Å². The highest BCUT2D eigenvalue weighted by molar-refractivity contribution is 4.68. The van der Waals surface area contributed by atoms with Crippen LogP contribution < -0.4 is 0 Å². The molecule has 0 unspecified atom stereocenters. The highest BCUT2D eigenvalue weighted by Gasteiger charge is 2.14. The van der Waals surface area contributed by atoms with Crippen LogP contribution in [0.3, 0.4) is 0 Å². The zero-order valence-corrected chi connectivity index (χ0v) is 10.1. The molecule has 0 radical (unpaired) electrons. The van der Waals surface area contributed by atoms with Crippen molar-refractivity contribution in [3.63, 3.8) is 0 Å². The molecule has 0 saturated heterocycles. The topological polar surface area (TPSA) is 3.24 Å². The second-order valence-corrected chi connectivity index (χ2v) is 4.46. The largest absolute Gasteiger partial charge is 0.309 e. The van der Waals surface area contributed by atoms with Crippen molar-refractivity contribution >= 4 is 0 Å². The van der Waals surface area contributed by atoms with Gasteiger partial charge < -0.3 is 4.90 Å². The lowest BCUT2D eigenvalue weighted by atomic mass is 9.90. The zero-order valence-electron chi connectivity index (χ0n) is 10.1. The van der Waals surface area contributed by atoms with Crippen LogP contribution in [0.5, 0.6) is 0 Å². The molecule has 1 nitrogen and oxygen atoms in total. The maximum Gasteiger partial charge on any atom is 0.00265 e. The monoisotopic (exact) mass is 173 g/mol. The van der Waals surface area contributed by atoms with Gasteiger partial charge >= 0.3 is 0 Å². The first-order chi connectivity index (χ1) is 5.39. The summed E-state index contributed by atoms with van der Waals surface area (Å²) in [6.07, 6.45) is 2.51. The van der Waals surface area contributed by atoms with E-state index >= 15 is 0 Å². The third kappa shape index (κ3) is 12.6. The van der Waals surface area contributed by atoms with Crippen LogP contribution in [0.25, 0.3) is 0 Å². The molecule has 0 bridgehead atoms. The van der Waals surface area contributed by atoms with E-state index < -0.39 is 0 Å². The van der Waals surface area contributed by atoms with Crippen LogP contribution in [-0.4, -0.2) is 25.5 Å². The molecule has 1 heteroatoms. The number of rotatable bonds is 3. The van der Waals surface area contributed by atoms with E-state index in [1.54, 1.807) is 0 Å². The second-order valence-electron chi connectivity index (χ2n) is 4.46. The van der Waals surface area contributed by atoms with E-state index in [-0.39, 0.29) is 0 Å². The van der Waals surface area contributed by atoms with Gasteiger partial charge in [0.1, 0.15) is 0 Å². The van der Waals surface area contributed by atoms with Crippen LogP contribution in [0.2, 0.25) is 0 Å². The van der Waals surface area contributed by atoms with E-state index in [0.29, 0.717) is 5.41 Å². The molecular weight excluding hydrogens is 146 g/mol. The third-order valence-corrected chi connectivity index (χ3v) is 1.70. The van der Waals surface area contributed by atoms with E-state index in [1.165, 1.54) is 19.4 Å². The lowest BCUT2D eigenvalue weighted by molar-refractivity contribution is 0.233. The van der Waals surface area contributed by atoms with Crippen molar-refractivity contribution in [3.8, 4) is 0 Å². The van der Waals surface area contributed by atoms with E-state index in [0.717, 1.165) is 0 Å². The molecule has 0 N–H and O–H groups in total. The van der Waals surface area contributed by atoms with Crippen LogP contribution >= 0.6 is 0 Å². The fourth-order valence-electron chi connectivity index (χ4n) is 0.968. The van der Waals surface area contributed by atoms with Gasteiger partial charge in [-0.25, -0.2) is 0 Å². The first kappa shape index (κ1) is 14.5. The molecule has 0 rings (SSSR count). The van der Waals surface area contributed by atoms with Crippen LogP contribution in [-0.2, 0) is 0 Å². The summed E-state index contributed by atoms with van der Waals surface area (Å²) < 4.78 is 0. The summed E-state index contributed by atoms with van der Waals surface area (Å²) in [5.41, 5.74) is 0.490. The Balaban J connectivity index is 0. The Labute approximate surface area is 79.2 Å². The van der Waals surface area contributed by atoms with E-state index in [2.05, 4.69) is 53.6 Å². The molecule has 0 aromatic carbocycles. The molecule has 0 spiro atoms. The number of hydrogen-bond donors (Lipinski definition) is 0. The molecule has 0 heterocycles. The second kappa shape index (κ2) is 7.60. The molecule has 0 aromatic heterocycles. The van der Waals surface area contributed by atoms with E-state index in [4.69, 9.17) is 0 Å². The highest BCUT2D eigenvalue weighted by atomic mass is 15.1. The van der Waals surface area contributed by atoms with Gasteiger partial charge in [-0.15, -0.1) is 0 Å². The zero-order chi connectivity index (χ0) is 10.2. The smallest absolute Gasteiger partial charge is 0.00265 e. The van der Waals surface area contributed by atoms with Gasteiger partial charge in [-0.1, -0.05) is 41.0 Å². The number of hydrogen-bond acceptors (Lipinski definition) is 1. The minimum Gasteiger partial charge on any atom is -0.309 e. The SMILES string of the molecule is CCC.CCC(C)(C)CN(C)C. The summed E-state index contributed by atoms with van der Waals surface area (Å²) in [6.45, 7) is 12.3. The van der Waals surface area contributed by atoms with E-state index in [1.807, 2.05) is 0 Å².